The lowest BCUT2D eigenvalue weighted by Crippen LogP contribution is -2.18. The second-order valence-corrected chi connectivity index (χ2v) is 4.56. The van der Waals surface area contributed by atoms with Gasteiger partial charge in [0.15, 0.2) is 0 Å². The molecule has 2 aromatic rings. The van der Waals surface area contributed by atoms with Gasteiger partial charge in [-0.2, -0.15) is 5.10 Å². The molecular weight excluding hydrogens is 261 g/mol. The van der Waals surface area contributed by atoms with Crippen LogP contribution in [0.1, 0.15) is 30.2 Å². The highest BCUT2D eigenvalue weighted by atomic mass is 19.1. The third-order valence-electron chi connectivity index (χ3n) is 2.79. The Labute approximate surface area is 115 Å². The Morgan fingerprint density at radius 2 is 2.20 bits per heavy atom. The van der Waals surface area contributed by atoms with E-state index in [0.717, 1.165) is 0 Å². The van der Waals surface area contributed by atoms with E-state index in [0.29, 0.717) is 5.69 Å². The number of nitrogens with zero attached hydrogens (tertiary/aromatic N) is 2. The highest BCUT2D eigenvalue weighted by Crippen LogP contribution is 2.20. The first kappa shape index (κ1) is 14.0. The number of benzene rings is 1. The summed E-state index contributed by atoms with van der Waals surface area (Å²) in [5.74, 6) is 4.20. The van der Waals surface area contributed by atoms with Crippen LogP contribution in [0.15, 0.2) is 30.6 Å². The summed E-state index contributed by atoms with van der Waals surface area (Å²) in [6, 6.07) is 4.35. The van der Waals surface area contributed by atoms with Crippen LogP contribution in [0, 0.1) is 5.82 Å². The summed E-state index contributed by atoms with van der Waals surface area (Å²) in [6.07, 6.45) is 3.24. The molecule has 2 rings (SSSR count). The topological polar surface area (TPSA) is 85.0 Å². The normalized spacial score (nSPS) is 10.7. The van der Waals surface area contributed by atoms with Crippen molar-refractivity contribution in [2.45, 2.75) is 19.9 Å². The first-order valence-electron chi connectivity index (χ1n) is 6.13. The minimum atomic E-state index is -0.585. The number of nitrogen functional groups attached to an aromatic ring is 1. The molecule has 0 atom stereocenters. The number of para-hydroxylation sites is 1. The van der Waals surface area contributed by atoms with E-state index in [2.05, 4.69) is 15.8 Å². The van der Waals surface area contributed by atoms with Crippen molar-refractivity contribution >= 4 is 17.3 Å². The van der Waals surface area contributed by atoms with E-state index in [1.165, 1.54) is 24.4 Å². The zero-order valence-electron chi connectivity index (χ0n) is 11.2. The molecule has 0 fully saturated rings. The molecule has 7 heteroatoms. The summed E-state index contributed by atoms with van der Waals surface area (Å²) >= 11 is 0. The predicted molar refractivity (Wildman–Crippen MR) is 74.8 cm³/mol. The average molecular weight is 277 g/mol. The third-order valence-corrected chi connectivity index (χ3v) is 2.79. The monoisotopic (exact) mass is 277 g/mol. The lowest BCUT2D eigenvalue weighted by atomic mass is 10.1. The third kappa shape index (κ3) is 2.77. The molecule has 1 aromatic carbocycles. The zero-order valence-corrected chi connectivity index (χ0v) is 11.2. The van der Waals surface area contributed by atoms with Crippen molar-refractivity contribution in [3.05, 3.63) is 42.0 Å². The molecule has 0 saturated carbocycles. The molecule has 6 nitrogen and oxygen atoms in total. The van der Waals surface area contributed by atoms with Crippen LogP contribution in [0.4, 0.5) is 15.8 Å². The summed E-state index contributed by atoms with van der Waals surface area (Å²) < 4.78 is 15.2. The van der Waals surface area contributed by atoms with Gasteiger partial charge in [-0.1, -0.05) is 6.07 Å². The van der Waals surface area contributed by atoms with Crippen molar-refractivity contribution in [2.75, 3.05) is 10.7 Å². The summed E-state index contributed by atoms with van der Waals surface area (Å²) in [7, 11) is 0. The number of hydrogen-bond acceptors (Lipinski definition) is 4. The summed E-state index contributed by atoms with van der Waals surface area (Å²) in [5.41, 5.74) is 2.82. The SMILES string of the molecule is CC(C)n1cc(NC(=O)c2cccc(F)c2NN)cn1. The summed E-state index contributed by atoms with van der Waals surface area (Å²) in [5, 5.41) is 6.76. The number of carbonyl (C=O) groups excluding carboxylic acids is 1. The van der Waals surface area contributed by atoms with E-state index in [9.17, 15) is 9.18 Å². The van der Waals surface area contributed by atoms with Crippen LogP contribution in [-0.2, 0) is 0 Å². The molecule has 1 amide bonds. The Kier molecular flexibility index (Phi) is 3.99. The number of carbonyl (C=O) groups is 1. The zero-order chi connectivity index (χ0) is 14.7. The Morgan fingerprint density at radius 3 is 2.80 bits per heavy atom. The number of nitrogens with two attached hydrogens (primary N) is 1. The van der Waals surface area contributed by atoms with Crippen LogP contribution in [0.25, 0.3) is 0 Å². The Morgan fingerprint density at radius 1 is 1.45 bits per heavy atom. The smallest absolute Gasteiger partial charge is 0.258 e. The lowest BCUT2D eigenvalue weighted by Gasteiger charge is -2.09. The fourth-order valence-electron chi connectivity index (χ4n) is 1.74. The maximum absolute atomic E-state index is 13.5. The van der Waals surface area contributed by atoms with Crippen LogP contribution >= 0.6 is 0 Å². The van der Waals surface area contributed by atoms with E-state index in [4.69, 9.17) is 5.84 Å². The first-order valence-corrected chi connectivity index (χ1v) is 6.13. The fourth-order valence-corrected chi connectivity index (χ4v) is 1.74. The van der Waals surface area contributed by atoms with Gasteiger partial charge in [0, 0.05) is 12.2 Å². The van der Waals surface area contributed by atoms with Gasteiger partial charge in [-0.3, -0.25) is 15.3 Å². The van der Waals surface area contributed by atoms with Crippen molar-refractivity contribution in [1.29, 1.82) is 0 Å². The quantitative estimate of drug-likeness (QED) is 0.590. The van der Waals surface area contributed by atoms with E-state index in [-0.39, 0.29) is 17.3 Å². The van der Waals surface area contributed by atoms with E-state index in [1.54, 1.807) is 10.9 Å². The highest BCUT2D eigenvalue weighted by molar-refractivity contribution is 6.07. The molecule has 0 radical (unpaired) electrons. The number of hydrazine groups is 1. The summed E-state index contributed by atoms with van der Waals surface area (Å²) in [6.45, 7) is 3.95. The number of aromatic nitrogens is 2. The Hall–Kier alpha value is -2.41. The second-order valence-electron chi connectivity index (χ2n) is 4.56. The van der Waals surface area contributed by atoms with Crippen LogP contribution in [0.5, 0.6) is 0 Å². The van der Waals surface area contributed by atoms with Gasteiger partial charge in [-0.15, -0.1) is 0 Å². The predicted octanol–water partition coefficient (Wildman–Crippen LogP) is 2.14. The van der Waals surface area contributed by atoms with Gasteiger partial charge in [0.05, 0.1) is 23.1 Å². The lowest BCUT2D eigenvalue weighted by molar-refractivity contribution is 0.102. The van der Waals surface area contributed by atoms with Gasteiger partial charge in [0.1, 0.15) is 5.82 Å². The molecule has 0 aliphatic rings. The van der Waals surface area contributed by atoms with Crippen LogP contribution < -0.4 is 16.6 Å². The molecule has 1 aromatic heterocycles. The Balaban J connectivity index is 2.21. The largest absolute Gasteiger partial charge is 0.321 e. The van der Waals surface area contributed by atoms with Crippen molar-refractivity contribution < 1.29 is 9.18 Å². The molecule has 0 unspecified atom stereocenters. The molecular formula is C13H16FN5O. The maximum Gasteiger partial charge on any atom is 0.258 e. The summed E-state index contributed by atoms with van der Waals surface area (Å²) in [4.78, 5) is 12.1. The molecule has 0 aliphatic heterocycles. The van der Waals surface area contributed by atoms with Gasteiger partial charge in [0.2, 0.25) is 0 Å². The van der Waals surface area contributed by atoms with Crippen molar-refractivity contribution in [1.82, 2.24) is 9.78 Å². The standard InChI is InChI=1S/C13H16FN5O/c1-8(2)19-7-9(6-16-19)17-13(20)10-4-3-5-11(14)12(10)18-15/h3-8,18H,15H2,1-2H3,(H,17,20). The molecule has 106 valence electrons. The number of hydrogen-bond donors (Lipinski definition) is 3. The van der Waals surface area contributed by atoms with Crippen molar-refractivity contribution in [3.63, 3.8) is 0 Å². The van der Waals surface area contributed by atoms with E-state index in [1.807, 2.05) is 13.8 Å². The van der Waals surface area contributed by atoms with Crippen molar-refractivity contribution in [2.24, 2.45) is 5.84 Å². The second kappa shape index (κ2) is 5.70. The molecule has 20 heavy (non-hydrogen) atoms. The number of nitrogens with one attached hydrogen (secondary N) is 2. The van der Waals surface area contributed by atoms with Crippen LogP contribution in [-0.4, -0.2) is 15.7 Å². The van der Waals surface area contributed by atoms with Gasteiger partial charge in [0.25, 0.3) is 5.91 Å². The molecule has 1 heterocycles. The number of rotatable bonds is 4. The van der Waals surface area contributed by atoms with Crippen LogP contribution in [0.3, 0.4) is 0 Å². The highest BCUT2D eigenvalue weighted by Gasteiger charge is 2.15. The minimum Gasteiger partial charge on any atom is -0.321 e. The molecule has 0 bridgehead atoms. The fraction of sp³-hybridized carbons (Fsp3) is 0.231. The average Bonchev–Trinajstić information content (AvgIpc) is 2.87. The molecule has 0 aliphatic carbocycles. The van der Waals surface area contributed by atoms with Crippen molar-refractivity contribution in [3.8, 4) is 0 Å². The van der Waals surface area contributed by atoms with Gasteiger partial charge in [-0.25, -0.2) is 4.39 Å². The molecule has 4 N–H and O–H groups in total. The number of anilines is 2. The van der Waals surface area contributed by atoms with Gasteiger partial charge < -0.3 is 10.7 Å². The van der Waals surface area contributed by atoms with Gasteiger partial charge in [-0.05, 0) is 26.0 Å². The Bertz CT molecular complexity index is 623. The first-order chi connectivity index (χ1) is 9.52. The maximum atomic E-state index is 13.5. The van der Waals surface area contributed by atoms with E-state index >= 15 is 0 Å². The molecule has 0 spiro atoms. The van der Waals surface area contributed by atoms with Crippen LogP contribution in [0.2, 0.25) is 0 Å². The van der Waals surface area contributed by atoms with Gasteiger partial charge >= 0.3 is 0 Å². The minimum absolute atomic E-state index is 0.0405. The number of amides is 1. The molecule has 0 saturated heterocycles. The van der Waals surface area contributed by atoms with E-state index < -0.39 is 11.7 Å². The number of halogens is 1.